The Morgan fingerprint density at radius 3 is 2.04 bits per heavy atom. The molecule has 1 aromatic heterocycles. The Morgan fingerprint density at radius 1 is 1.11 bits per heavy atom. The first kappa shape index (κ1) is 21.4. The van der Waals surface area contributed by atoms with Crippen LogP contribution in [0.4, 0.5) is 5.69 Å². The zero-order chi connectivity index (χ0) is 21.0. The van der Waals surface area contributed by atoms with Gasteiger partial charge in [-0.3, -0.25) is 9.48 Å². The number of rotatable bonds is 6. The number of esters is 2. The van der Waals surface area contributed by atoms with Crippen molar-refractivity contribution in [3.8, 4) is 0 Å². The minimum Gasteiger partial charge on any atom is -0.465 e. The lowest BCUT2D eigenvalue weighted by molar-refractivity contribution is -0.119. The van der Waals surface area contributed by atoms with E-state index in [2.05, 4.69) is 10.4 Å². The Morgan fingerprint density at radius 2 is 1.64 bits per heavy atom. The first-order valence-electron chi connectivity index (χ1n) is 8.57. The number of carbonyl (C=O) groups is 3. The number of nitrogens with zero attached hydrogens (tertiary/aromatic N) is 2. The second kappa shape index (κ2) is 8.88. The van der Waals surface area contributed by atoms with Gasteiger partial charge in [0.15, 0.2) is 0 Å². The third-order valence-electron chi connectivity index (χ3n) is 4.26. The summed E-state index contributed by atoms with van der Waals surface area (Å²) in [7, 11) is 2.45. The van der Waals surface area contributed by atoms with Gasteiger partial charge < -0.3 is 14.8 Å². The lowest BCUT2D eigenvalue weighted by atomic mass is 10.1. The van der Waals surface area contributed by atoms with Gasteiger partial charge in [0.2, 0.25) is 5.91 Å². The predicted octanol–water partition coefficient (Wildman–Crippen LogP) is 3.32. The molecule has 1 atom stereocenters. The maximum Gasteiger partial charge on any atom is 0.337 e. The number of methoxy groups -OCH3 is 2. The van der Waals surface area contributed by atoms with Crippen molar-refractivity contribution >= 4 is 35.1 Å². The van der Waals surface area contributed by atoms with Gasteiger partial charge in [-0.1, -0.05) is 18.5 Å². The van der Waals surface area contributed by atoms with Gasteiger partial charge in [-0.15, -0.1) is 0 Å². The molecule has 1 unspecified atom stereocenters. The number of hydrogen-bond acceptors (Lipinski definition) is 6. The van der Waals surface area contributed by atoms with Crippen LogP contribution in [0.25, 0.3) is 0 Å². The molecular formula is C19H22ClN3O5. The number of benzene rings is 1. The van der Waals surface area contributed by atoms with Crippen molar-refractivity contribution in [3.63, 3.8) is 0 Å². The highest BCUT2D eigenvalue weighted by molar-refractivity contribution is 6.31. The number of amides is 1. The van der Waals surface area contributed by atoms with Gasteiger partial charge in [0.25, 0.3) is 0 Å². The van der Waals surface area contributed by atoms with Crippen LogP contribution in [0.2, 0.25) is 5.02 Å². The molecule has 0 fully saturated rings. The van der Waals surface area contributed by atoms with E-state index in [9.17, 15) is 14.4 Å². The second-order valence-corrected chi connectivity index (χ2v) is 6.50. The topological polar surface area (TPSA) is 99.5 Å². The molecule has 0 bridgehead atoms. The highest BCUT2D eigenvalue weighted by Crippen LogP contribution is 2.25. The quantitative estimate of drug-likeness (QED) is 0.737. The van der Waals surface area contributed by atoms with Crippen LogP contribution in [0, 0.1) is 13.8 Å². The highest BCUT2D eigenvalue weighted by Gasteiger charge is 2.24. The zero-order valence-electron chi connectivity index (χ0n) is 16.3. The summed E-state index contributed by atoms with van der Waals surface area (Å²) in [4.78, 5) is 36.7. The van der Waals surface area contributed by atoms with Crippen molar-refractivity contribution in [2.45, 2.75) is 33.2 Å². The summed E-state index contributed by atoms with van der Waals surface area (Å²) in [5.74, 6) is -1.64. The maximum absolute atomic E-state index is 12.9. The van der Waals surface area contributed by atoms with Crippen molar-refractivity contribution in [1.29, 1.82) is 0 Å². The van der Waals surface area contributed by atoms with Crippen molar-refractivity contribution in [1.82, 2.24) is 9.78 Å². The molecule has 9 heteroatoms. The molecule has 0 aliphatic heterocycles. The lowest BCUT2D eigenvalue weighted by Gasteiger charge is -2.18. The average Bonchev–Trinajstić information content (AvgIpc) is 2.94. The summed E-state index contributed by atoms with van der Waals surface area (Å²) < 4.78 is 11.0. The molecule has 0 radical (unpaired) electrons. The summed E-state index contributed by atoms with van der Waals surface area (Å²) in [6, 6.07) is 3.58. The Labute approximate surface area is 167 Å². The molecule has 150 valence electrons. The fourth-order valence-electron chi connectivity index (χ4n) is 2.81. The van der Waals surface area contributed by atoms with Gasteiger partial charge in [-0.2, -0.15) is 5.10 Å². The molecule has 2 rings (SSSR count). The van der Waals surface area contributed by atoms with Crippen LogP contribution in [0.1, 0.15) is 51.5 Å². The molecule has 1 aromatic carbocycles. The van der Waals surface area contributed by atoms with E-state index in [-0.39, 0.29) is 22.7 Å². The van der Waals surface area contributed by atoms with Crippen molar-refractivity contribution in [2.75, 3.05) is 19.5 Å². The maximum atomic E-state index is 12.9. The summed E-state index contributed by atoms with van der Waals surface area (Å²) in [6.45, 7) is 5.39. The van der Waals surface area contributed by atoms with Crippen LogP contribution in [0.15, 0.2) is 18.2 Å². The monoisotopic (exact) mass is 407 g/mol. The number of carbonyl (C=O) groups excluding carboxylic acids is 3. The van der Waals surface area contributed by atoms with Gasteiger partial charge in [0.05, 0.1) is 41.8 Å². The third-order valence-corrected chi connectivity index (χ3v) is 4.81. The number of halogens is 1. The summed E-state index contributed by atoms with van der Waals surface area (Å²) >= 11 is 6.19. The first-order chi connectivity index (χ1) is 13.2. The van der Waals surface area contributed by atoms with E-state index in [1.807, 2.05) is 6.92 Å². The van der Waals surface area contributed by atoms with E-state index in [4.69, 9.17) is 21.1 Å². The van der Waals surface area contributed by atoms with Crippen molar-refractivity contribution < 1.29 is 23.9 Å². The van der Waals surface area contributed by atoms with Crippen LogP contribution in [0.3, 0.4) is 0 Å². The molecule has 1 N–H and O–H groups in total. The number of nitrogens with one attached hydrogen (secondary N) is 1. The van der Waals surface area contributed by atoms with Crippen LogP contribution in [-0.2, 0) is 14.3 Å². The number of aryl methyl sites for hydroxylation is 1. The molecule has 28 heavy (non-hydrogen) atoms. The number of ether oxygens (including phenoxy) is 2. The van der Waals surface area contributed by atoms with Crippen molar-refractivity contribution in [2.24, 2.45) is 0 Å². The SMILES string of the molecule is CCC(C(=O)Nc1cc(C(=O)OC)cc(C(=O)OC)c1)n1nc(C)c(Cl)c1C. The predicted molar refractivity (Wildman–Crippen MR) is 104 cm³/mol. The van der Waals surface area contributed by atoms with E-state index in [1.165, 1.54) is 32.4 Å². The minimum atomic E-state index is -0.640. The molecule has 2 aromatic rings. The normalized spacial score (nSPS) is 11.6. The Hall–Kier alpha value is -2.87. The molecule has 0 aliphatic rings. The summed E-state index contributed by atoms with van der Waals surface area (Å²) in [5.41, 5.74) is 1.80. The third kappa shape index (κ3) is 4.33. The molecule has 0 saturated carbocycles. The lowest BCUT2D eigenvalue weighted by Crippen LogP contribution is -2.27. The number of aromatic nitrogens is 2. The van der Waals surface area contributed by atoms with E-state index < -0.39 is 18.0 Å². The smallest absolute Gasteiger partial charge is 0.337 e. The molecule has 0 spiro atoms. The van der Waals surface area contributed by atoms with Gasteiger partial charge in [0.1, 0.15) is 6.04 Å². The van der Waals surface area contributed by atoms with Gasteiger partial charge in [-0.25, -0.2) is 9.59 Å². The molecule has 8 nitrogen and oxygen atoms in total. The Bertz CT molecular complexity index is 888. The average molecular weight is 408 g/mol. The second-order valence-electron chi connectivity index (χ2n) is 6.12. The fourth-order valence-corrected chi connectivity index (χ4v) is 2.94. The number of anilines is 1. The van der Waals surface area contributed by atoms with Crippen LogP contribution >= 0.6 is 11.6 Å². The van der Waals surface area contributed by atoms with E-state index in [0.29, 0.717) is 22.8 Å². The molecule has 1 amide bonds. The molecule has 0 saturated heterocycles. The van der Waals surface area contributed by atoms with E-state index in [0.717, 1.165) is 0 Å². The van der Waals surface area contributed by atoms with Gasteiger partial charge in [0, 0.05) is 5.69 Å². The molecule has 0 aliphatic carbocycles. The fraction of sp³-hybridized carbons (Fsp3) is 0.368. The van der Waals surface area contributed by atoms with Crippen LogP contribution < -0.4 is 5.32 Å². The van der Waals surface area contributed by atoms with E-state index >= 15 is 0 Å². The van der Waals surface area contributed by atoms with Crippen LogP contribution in [-0.4, -0.2) is 41.8 Å². The highest BCUT2D eigenvalue weighted by atomic mass is 35.5. The number of hydrogen-bond donors (Lipinski definition) is 1. The first-order valence-corrected chi connectivity index (χ1v) is 8.95. The minimum absolute atomic E-state index is 0.114. The Kier molecular flexibility index (Phi) is 6.80. The Balaban J connectivity index is 2.39. The van der Waals surface area contributed by atoms with E-state index in [1.54, 1.807) is 18.5 Å². The molecular weight excluding hydrogens is 386 g/mol. The molecule has 1 heterocycles. The van der Waals surface area contributed by atoms with Gasteiger partial charge >= 0.3 is 11.9 Å². The van der Waals surface area contributed by atoms with Crippen molar-refractivity contribution in [3.05, 3.63) is 45.7 Å². The summed E-state index contributed by atoms with van der Waals surface area (Å²) in [5, 5.41) is 7.57. The summed E-state index contributed by atoms with van der Waals surface area (Å²) in [6.07, 6.45) is 0.463. The zero-order valence-corrected chi connectivity index (χ0v) is 17.1. The van der Waals surface area contributed by atoms with Crippen LogP contribution in [0.5, 0.6) is 0 Å². The largest absolute Gasteiger partial charge is 0.465 e. The van der Waals surface area contributed by atoms with Gasteiger partial charge in [-0.05, 0) is 38.5 Å². The standard InChI is InChI=1S/C19H22ClN3O5/c1-6-15(23-11(3)16(20)10(2)22-23)17(24)21-14-8-12(18(25)27-4)7-13(9-14)19(26)28-5/h7-9,15H,6H2,1-5H3,(H,21,24).